The van der Waals surface area contributed by atoms with Gasteiger partial charge in [-0.25, -0.2) is 0 Å². The minimum Gasteiger partial charge on any atom is -0.311 e. The molecular weight excluding hydrogens is 1320 g/mol. The number of hydrogen-bond donors (Lipinski definition) is 0. The molecule has 15 aromatic rings. The largest absolute Gasteiger partial charge is 0.311 e. The Morgan fingerprint density at radius 2 is 0.689 bits per heavy atom. The second kappa shape index (κ2) is 26.2. The Morgan fingerprint density at radius 3 is 1.28 bits per heavy atom. The third-order valence-electron chi connectivity index (χ3n) is 21.8. The molecule has 4 nitrogen and oxygen atoms in total. The molecule has 0 aliphatic carbocycles. The summed E-state index contributed by atoms with van der Waals surface area (Å²) in [5.41, 5.74) is 32.8. The smallest absolute Gasteiger partial charge is 0.252 e. The van der Waals surface area contributed by atoms with Crippen LogP contribution in [0.3, 0.4) is 0 Å². The van der Waals surface area contributed by atoms with E-state index in [9.17, 15) is 0 Å². The highest BCUT2D eigenvalue weighted by Gasteiger charge is 2.48. The molecule has 0 saturated carbocycles. The zero-order chi connectivity index (χ0) is 71.4. The van der Waals surface area contributed by atoms with E-state index in [0.29, 0.717) is 0 Å². The van der Waals surface area contributed by atoms with Gasteiger partial charge in [-0.05, 0) is 180 Å². The number of fused-ring (bicyclic) bond motifs is 8. The summed E-state index contributed by atoms with van der Waals surface area (Å²) in [4.78, 5) is 15.3. The maximum atomic E-state index is 2.73. The highest BCUT2D eigenvalue weighted by atomic mass is 32.2. The van der Waals surface area contributed by atoms with Crippen molar-refractivity contribution in [3.8, 4) is 44.5 Å². The van der Waals surface area contributed by atoms with E-state index < -0.39 is 0 Å². The summed E-state index contributed by atoms with van der Waals surface area (Å²) in [5, 5.41) is 0. The predicted molar refractivity (Wildman–Crippen MR) is 455 cm³/mol. The summed E-state index contributed by atoms with van der Waals surface area (Å²) >= 11 is 3.85. The van der Waals surface area contributed by atoms with Gasteiger partial charge in [-0.2, -0.15) is 0 Å². The summed E-state index contributed by atoms with van der Waals surface area (Å²) in [7, 11) is 0. The van der Waals surface area contributed by atoms with Crippen molar-refractivity contribution in [2.24, 2.45) is 0 Å². The van der Waals surface area contributed by atoms with Crippen molar-refractivity contribution in [3.05, 3.63) is 363 Å². The van der Waals surface area contributed by atoms with Crippen LogP contribution < -0.4 is 52.4 Å². The van der Waals surface area contributed by atoms with Crippen LogP contribution in [0.15, 0.2) is 371 Å². The van der Waals surface area contributed by atoms with E-state index in [2.05, 4.69) is 413 Å². The minimum absolute atomic E-state index is 0.0460. The van der Waals surface area contributed by atoms with Gasteiger partial charge in [0, 0.05) is 87.6 Å². The lowest BCUT2D eigenvalue weighted by molar-refractivity contribution is 0.590. The molecule has 506 valence electrons. The van der Waals surface area contributed by atoms with Crippen LogP contribution in [0.1, 0.15) is 52.7 Å². The lowest BCUT2D eigenvalue weighted by Gasteiger charge is -2.46. The fraction of sp³-hybridized carbons (Fsp3) is 0.0816. The third kappa shape index (κ3) is 11.4. The summed E-state index contributed by atoms with van der Waals surface area (Å²) in [6.07, 6.45) is 0. The standard InChI is InChI=1S/C98H76B2N4S2/c1-97(2,3)71-52-46-68(47-53-71)80-40-27-41-81(69-48-54-72(55-49-69)98(4,5)6)96(80)104-87-64-91-85(100-83-43-23-25-45-90(83)105-92-61-79(62-93(106-91)95(92)100)101(73-33-16-9-17-34-73)74-35-18-10-19-36-74)63-84(87)99-82-42-22-24-44-86(82)103(75-37-20-11-21-38-75)88-59-78(60-89(104)94(88)99)102(76-56-50-67(51-57-76)65-28-12-7-13-29-65)77-39-26-32-70(58-77)66-30-14-8-15-31-66/h7-64H,1-6H3. The van der Waals surface area contributed by atoms with Gasteiger partial charge in [0.1, 0.15) is 0 Å². The van der Waals surface area contributed by atoms with E-state index in [1.807, 2.05) is 23.5 Å². The fourth-order valence-corrected chi connectivity index (χ4v) is 19.2. The first-order chi connectivity index (χ1) is 51.8. The van der Waals surface area contributed by atoms with E-state index >= 15 is 0 Å². The van der Waals surface area contributed by atoms with Crippen molar-refractivity contribution in [3.63, 3.8) is 0 Å². The van der Waals surface area contributed by atoms with Gasteiger partial charge in [-0.3, -0.25) is 0 Å². The average molecular weight is 1400 g/mol. The number of benzene rings is 15. The summed E-state index contributed by atoms with van der Waals surface area (Å²) in [5.74, 6) is 0. The van der Waals surface area contributed by atoms with Crippen LogP contribution in [-0.2, 0) is 10.8 Å². The Labute approximate surface area is 632 Å². The molecule has 19 rings (SSSR count). The molecule has 0 radical (unpaired) electrons. The van der Waals surface area contributed by atoms with Crippen molar-refractivity contribution in [1.29, 1.82) is 0 Å². The van der Waals surface area contributed by atoms with Crippen molar-refractivity contribution in [1.82, 2.24) is 0 Å². The molecule has 4 heterocycles. The van der Waals surface area contributed by atoms with Crippen molar-refractivity contribution in [2.45, 2.75) is 72.0 Å². The first-order valence-corrected chi connectivity index (χ1v) is 38.6. The molecule has 4 aliphatic rings. The monoisotopic (exact) mass is 1390 g/mol. The van der Waals surface area contributed by atoms with Gasteiger partial charge in [-0.15, -0.1) is 0 Å². The van der Waals surface area contributed by atoms with Gasteiger partial charge in [0.25, 0.3) is 6.71 Å². The molecule has 0 unspecified atom stereocenters. The maximum Gasteiger partial charge on any atom is 0.252 e. The molecule has 0 aromatic heterocycles. The number of rotatable bonds is 12. The molecule has 0 atom stereocenters. The minimum atomic E-state index is -0.203. The number of anilines is 12. The van der Waals surface area contributed by atoms with Crippen LogP contribution in [0.2, 0.25) is 0 Å². The van der Waals surface area contributed by atoms with Gasteiger partial charge < -0.3 is 19.6 Å². The zero-order valence-electron chi connectivity index (χ0n) is 60.2. The van der Waals surface area contributed by atoms with Crippen LogP contribution in [-0.4, -0.2) is 13.4 Å². The molecule has 0 amide bonds. The number of para-hydroxylation sites is 5. The quantitative estimate of drug-likeness (QED) is 0.112. The Hall–Kier alpha value is -11.7. The Balaban J connectivity index is 0.934. The van der Waals surface area contributed by atoms with Crippen molar-refractivity contribution >= 4 is 138 Å². The van der Waals surface area contributed by atoms with Crippen molar-refractivity contribution in [2.75, 3.05) is 19.6 Å². The van der Waals surface area contributed by atoms with Crippen LogP contribution in [0.4, 0.5) is 68.2 Å². The summed E-state index contributed by atoms with van der Waals surface area (Å²) in [6, 6.07) is 133. The number of hydrogen-bond acceptors (Lipinski definition) is 6. The Bertz CT molecular complexity index is 5750. The molecule has 4 aliphatic heterocycles. The molecular formula is C98H76B2N4S2. The Kier molecular flexibility index (Phi) is 16.1. The maximum absolute atomic E-state index is 2.73. The summed E-state index contributed by atoms with van der Waals surface area (Å²) in [6.45, 7) is 13.6. The zero-order valence-corrected chi connectivity index (χ0v) is 61.9. The van der Waals surface area contributed by atoms with Gasteiger partial charge in [0.2, 0.25) is 6.71 Å². The van der Waals surface area contributed by atoms with E-state index in [1.165, 1.54) is 69.0 Å². The average Bonchev–Trinajstić information content (AvgIpc) is 0.683. The van der Waals surface area contributed by atoms with Crippen LogP contribution in [0.5, 0.6) is 0 Å². The Morgan fingerprint density at radius 1 is 0.255 bits per heavy atom. The first kappa shape index (κ1) is 65.1. The highest BCUT2D eigenvalue weighted by Crippen LogP contribution is 2.54. The normalized spacial score (nSPS) is 13.0. The molecule has 106 heavy (non-hydrogen) atoms. The topological polar surface area (TPSA) is 13.0 Å². The molecule has 0 fully saturated rings. The molecule has 0 N–H and O–H groups in total. The van der Waals surface area contributed by atoms with Gasteiger partial charge in [0.05, 0.1) is 11.4 Å². The van der Waals surface area contributed by atoms with Crippen LogP contribution in [0, 0.1) is 0 Å². The second-order valence-corrected chi connectivity index (χ2v) is 32.6. The first-order valence-electron chi connectivity index (χ1n) is 36.9. The van der Waals surface area contributed by atoms with Gasteiger partial charge in [-0.1, -0.05) is 325 Å². The summed E-state index contributed by atoms with van der Waals surface area (Å²) < 4.78 is 0. The molecule has 8 heteroatoms. The molecule has 0 saturated heterocycles. The third-order valence-corrected chi connectivity index (χ3v) is 24.1. The van der Waals surface area contributed by atoms with Crippen molar-refractivity contribution < 1.29 is 0 Å². The SMILES string of the molecule is CC(C)(C)c1ccc(-c2cccc(-c3ccc(C(C)(C)C)cc3)c2N2c3cc4c(cc3B3c5ccccc5N(c5ccccc5)c5cc(N(c6ccc(-c7ccccc7)cc6)c6cccc(-c7ccccc7)c6)cc2c53)B2c3ccccc3Sc3cc(N(c5ccccc5)c5ccccc5)cc(c32)S4)cc1. The lowest BCUT2D eigenvalue weighted by Crippen LogP contribution is -2.64. The number of nitrogens with zero attached hydrogens (tertiary/aromatic N) is 4. The van der Waals surface area contributed by atoms with Gasteiger partial charge >= 0.3 is 0 Å². The van der Waals surface area contributed by atoms with Crippen LogP contribution in [0.25, 0.3) is 44.5 Å². The highest BCUT2D eigenvalue weighted by molar-refractivity contribution is 8.01. The molecule has 0 bridgehead atoms. The second-order valence-electron chi connectivity index (χ2n) is 30.4. The van der Waals surface area contributed by atoms with E-state index in [0.717, 1.165) is 107 Å². The van der Waals surface area contributed by atoms with E-state index in [-0.39, 0.29) is 24.3 Å². The van der Waals surface area contributed by atoms with Crippen LogP contribution >= 0.6 is 23.5 Å². The van der Waals surface area contributed by atoms with E-state index in [1.54, 1.807) is 0 Å². The predicted octanol–water partition coefficient (Wildman–Crippen LogP) is 23.4. The lowest BCUT2D eigenvalue weighted by atomic mass is 9.31. The molecule has 0 spiro atoms. The molecule has 15 aromatic carbocycles. The van der Waals surface area contributed by atoms with Gasteiger partial charge in [0.15, 0.2) is 0 Å². The van der Waals surface area contributed by atoms with E-state index in [4.69, 9.17) is 0 Å². The fourth-order valence-electron chi connectivity index (χ4n) is 16.7.